The minimum absolute atomic E-state index is 0.0526. The lowest BCUT2D eigenvalue weighted by molar-refractivity contribution is -0.207. The molecular weight excluding hydrogens is 328 g/mol. The molecule has 4 rings (SSSR count). The van der Waals surface area contributed by atoms with Gasteiger partial charge in [0.1, 0.15) is 5.78 Å². The molecule has 26 heavy (non-hydrogen) atoms. The van der Waals surface area contributed by atoms with E-state index in [2.05, 4.69) is 20.8 Å². The molecule has 0 aliphatic heterocycles. The molecule has 0 aromatic carbocycles. The van der Waals surface area contributed by atoms with Gasteiger partial charge in [-0.2, -0.15) is 0 Å². The molecular formula is C22H34O4. The highest BCUT2D eigenvalue weighted by atomic mass is 16.5. The average Bonchev–Trinajstić information content (AvgIpc) is 2.77. The average molecular weight is 363 g/mol. The zero-order valence-corrected chi connectivity index (χ0v) is 16.7. The van der Waals surface area contributed by atoms with Gasteiger partial charge in [0.05, 0.1) is 18.1 Å². The van der Waals surface area contributed by atoms with Crippen molar-refractivity contribution in [2.24, 2.45) is 39.9 Å². The number of aliphatic hydroxyl groups is 1. The van der Waals surface area contributed by atoms with Crippen LogP contribution in [-0.2, 0) is 14.3 Å². The maximum absolute atomic E-state index is 13.3. The number of esters is 1. The highest BCUT2D eigenvalue weighted by Crippen LogP contribution is 2.71. The minimum Gasteiger partial charge on any atom is -0.465 e. The van der Waals surface area contributed by atoms with Gasteiger partial charge in [-0.3, -0.25) is 9.59 Å². The molecule has 1 N–H and O–H groups in total. The van der Waals surface area contributed by atoms with Crippen molar-refractivity contribution in [1.29, 1.82) is 0 Å². The molecule has 8 atom stereocenters. The molecule has 146 valence electrons. The molecule has 1 spiro atoms. The van der Waals surface area contributed by atoms with Crippen LogP contribution in [0.15, 0.2) is 0 Å². The van der Waals surface area contributed by atoms with E-state index in [9.17, 15) is 14.7 Å². The van der Waals surface area contributed by atoms with E-state index in [4.69, 9.17) is 4.74 Å². The fourth-order valence-corrected chi connectivity index (χ4v) is 7.97. The van der Waals surface area contributed by atoms with Crippen LogP contribution in [-0.4, -0.2) is 29.6 Å². The van der Waals surface area contributed by atoms with Gasteiger partial charge in [0.15, 0.2) is 0 Å². The summed E-state index contributed by atoms with van der Waals surface area (Å²) in [6.07, 6.45) is 6.47. The van der Waals surface area contributed by atoms with E-state index < -0.39 is 11.5 Å². The Morgan fingerprint density at radius 3 is 2.65 bits per heavy atom. The maximum atomic E-state index is 13.3. The third kappa shape index (κ3) is 2.23. The Hall–Kier alpha value is -0.900. The summed E-state index contributed by atoms with van der Waals surface area (Å²) in [5.74, 6) is 1.25. The lowest BCUT2D eigenvalue weighted by Gasteiger charge is -2.64. The van der Waals surface area contributed by atoms with Crippen LogP contribution in [0.5, 0.6) is 0 Å². The monoisotopic (exact) mass is 362 g/mol. The van der Waals surface area contributed by atoms with Crippen LogP contribution in [0.25, 0.3) is 0 Å². The van der Waals surface area contributed by atoms with Crippen molar-refractivity contribution in [2.45, 2.75) is 78.7 Å². The second-order valence-electron chi connectivity index (χ2n) is 10.4. The second-order valence-corrected chi connectivity index (χ2v) is 10.4. The molecule has 0 amide bonds. The van der Waals surface area contributed by atoms with E-state index in [1.165, 1.54) is 6.92 Å². The number of rotatable bonds is 2. The highest BCUT2D eigenvalue weighted by molar-refractivity contribution is 5.91. The Morgan fingerprint density at radius 1 is 1.23 bits per heavy atom. The first-order chi connectivity index (χ1) is 12.1. The summed E-state index contributed by atoms with van der Waals surface area (Å²) >= 11 is 0. The molecule has 0 heterocycles. The summed E-state index contributed by atoms with van der Waals surface area (Å²) in [7, 11) is 0. The number of fused-ring (bicyclic) bond motifs is 3. The summed E-state index contributed by atoms with van der Waals surface area (Å²) in [5.41, 5.74) is -0.560. The van der Waals surface area contributed by atoms with Crippen LogP contribution in [0.2, 0.25) is 0 Å². The molecule has 4 nitrogen and oxygen atoms in total. The largest absolute Gasteiger partial charge is 0.465 e. The number of Topliss-reactive ketones (excluding diaryl/α,β-unsaturated/α-hetero) is 1. The molecule has 4 fully saturated rings. The molecule has 0 unspecified atom stereocenters. The summed E-state index contributed by atoms with van der Waals surface area (Å²) in [6.45, 7) is 8.58. The number of aliphatic hydroxyl groups excluding tert-OH is 1. The van der Waals surface area contributed by atoms with Crippen LogP contribution in [0.1, 0.15) is 72.6 Å². The van der Waals surface area contributed by atoms with Gasteiger partial charge in [0, 0.05) is 18.3 Å². The zero-order chi connectivity index (χ0) is 18.9. The van der Waals surface area contributed by atoms with E-state index in [1.54, 1.807) is 0 Å². The Bertz CT molecular complexity index is 630. The number of hydrogen-bond donors (Lipinski definition) is 1. The number of hydrogen-bond acceptors (Lipinski definition) is 4. The Morgan fingerprint density at radius 2 is 1.96 bits per heavy atom. The smallest absolute Gasteiger partial charge is 0.302 e. The van der Waals surface area contributed by atoms with E-state index in [0.29, 0.717) is 30.6 Å². The Labute approximate surface area is 157 Å². The van der Waals surface area contributed by atoms with E-state index >= 15 is 0 Å². The van der Waals surface area contributed by atoms with Crippen LogP contribution < -0.4 is 0 Å². The van der Waals surface area contributed by atoms with Gasteiger partial charge < -0.3 is 9.84 Å². The zero-order valence-electron chi connectivity index (χ0n) is 16.7. The first kappa shape index (κ1) is 18.5. The number of carbonyl (C=O) groups excluding carboxylic acids is 2. The van der Waals surface area contributed by atoms with Crippen molar-refractivity contribution in [3.63, 3.8) is 0 Å². The molecule has 4 saturated carbocycles. The fourth-order valence-electron chi connectivity index (χ4n) is 7.97. The molecule has 0 aromatic heterocycles. The van der Waals surface area contributed by atoms with E-state index in [1.807, 2.05) is 0 Å². The normalized spacial score (nSPS) is 53.0. The van der Waals surface area contributed by atoms with Crippen LogP contribution in [0.4, 0.5) is 0 Å². The van der Waals surface area contributed by atoms with Gasteiger partial charge in [0.2, 0.25) is 0 Å². The quantitative estimate of drug-likeness (QED) is 0.760. The summed E-state index contributed by atoms with van der Waals surface area (Å²) in [4.78, 5) is 24.7. The van der Waals surface area contributed by atoms with Crippen molar-refractivity contribution in [1.82, 2.24) is 0 Å². The topological polar surface area (TPSA) is 63.6 Å². The predicted octanol–water partition coefficient (Wildman–Crippen LogP) is 3.75. The van der Waals surface area contributed by atoms with Crippen molar-refractivity contribution in [2.75, 3.05) is 6.61 Å². The Balaban J connectivity index is 1.72. The van der Waals surface area contributed by atoms with Gasteiger partial charge in [0.25, 0.3) is 0 Å². The molecule has 4 aliphatic rings. The van der Waals surface area contributed by atoms with Crippen LogP contribution in [0, 0.1) is 39.9 Å². The molecule has 4 aliphatic carbocycles. The highest BCUT2D eigenvalue weighted by Gasteiger charge is 2.70. The van der Waals surface area contributed by atoms with E-state index in [-0.39, 0.29) is 28.6 Å². The second kappa shape index (κ2) is 5.80. The molecule has 0 radical (unpaired) electrons. The van der Waals surface area contributed by atoms with Gasteiger partial charge in [-0.05, 0) is 61.7 Å². The standard InChI is InChI=1S/C22H34O4/c1-13-15-6-7-16-21(4)9-5-8-20(3,12-26-14(2)23)17(21)10-18(24)22(16,11-15)19(13)25/h13,15-18,24H,5-12H2,1-4H3/t13-,15-,16+,17-,18-,20-,21+,22-/m1/s1. The minimum atomic E-state index is -0.541. The lowest BCUT2D eigenvalue weighted by Crippen LogP contribution is -2.64. The van der Waals surface area contributed by atoms with Crippen molar-refractivity contribution < 1.29 is 19.4 Å². The third-order valence-corrected chi connectivity index (χ3v) is 9.18. The van der Waals surface area contributed by atoms with Gasteiger partial charge in [-0.15, -0.1) is 0 Å². The predicted molar refractivity (Wildman–Crippen MR) is 98.2 cm³/mol. The molecule has 0 aromatic rings. The third-order valence-electron chi connectivity index (χ3n) is 9.18. The van der Waals surface area contributed by atoms with Gasteiger partial charge >= 0.3 is 5.97 Å². The first-order valence-electron chi connectivity index (χ1n) is 10.5. The summed E-state index contributed by atoms with van der Waals surface area (Å²) < 4.78 is 5.46. The van der Waals surface area contributed by atoms with Gasteiger partial charge in [-0.25, -0.2) is 0 Å². The number of carbonyl (C=O) groups is 2. The summed E-state index contributed by atoms with van der Waals surface area (Å²) in [5, 5.41) is 11.3. The van der Waals surface area contributed by atoms with Crippen molar-refractivity contribution >= 4 is 11.8 Å². The molecule has 0 saturated heterocycles. The number of ketones is 1. The summed E-state index contributed by atoms with van der Waals surface area (Å²) in [6, 6.07) is 0. The van der Waals surface area contributed by atoms with Crippen molar-refractivity contribution in [3.05, 3.63) is 0 Å². The first-order valence-corrected chi connectivity index (χ1v) is 10.5. The van der Waals surface area contributed by atoms with Crippen LogP contribution >= 0.6 is 0 Å². The van der Waals surface area contributed by atoms with Crippen molar-refractivity contribution in [3.8, 4) is 0 Å². The van der Waals surface area contributed by atoms with Gasteiger partial charge in [-0.1, -0.05) is 27.2 Å². The lowest BCUT2D eigenvalue weighted by atomic mass is 9.40. The molecule has 2 bridgehead atoms. The van der Waals surface area contributed by atoms with Crippen LogP contribution in [0.3, 0.4) is 0 Å². The number of ether oxygens (including phenoxy) is 1. The Kier molecular flexibility index (Phi) is 4.12. The fraction of sp³-hybridized carbons (Fsp3) is 0.909. The maximum Gasteiger partial charge on any atom is 0.302 e. The van der Waals surface area contributed by atoms with E-state index in [0.717, 1.165) is 38.5 Å². The SMILES string of the molecule is CC(=O)OC[C@@]1(C)CCC[C@]2(C)[C@@H]1C[C@@H](O)[C@@]13C[C@@H](CC[C@@H]21)[C@@H](C)C3=O. The molecule has 4 heteroatoms.